The number of hydrogen-bond donors (Lipinski definition) is 1. The standard InChI is InChI=1S/C9H8N2O5S3.CH4O4S/c1-10-5-4-8(19(14,15)16)6(11(12)13)3-7(5)18-9(10)17-2;1-5-6(2,3)4/h3-4H,1-2H3;1H3,(H,2,3,4). The minimum atomic E-state index is -4.64. The topological polar surface area (TPSA) is 168 Å². The fraction of sp³-hybridized carbons (Fsp3) is 0.300. The van der Waals surface area contributed by atoms with Crippen molar-refractivity contribution < 1.29 is 39.6 Å². The highest BCUT2D eigenvalue weighted by Crippen LogP contribution is 2.33. The summed E-state index contributed by atoms with van der Waals surface area (Å²) in [5.74, 6) is 0. The molecule has 1 heterocycles. The van der Waals surface area contributed by atoms with E-state index in [1.807, 2.05) is 6.26 Å². The first-order valence-corrected chi connectivity index (χ1v) is 10.8. The van der Waals surface area contributed by atoms with Crippen molar-refractivity contribution in [3.8, 4) is 0 Å². The first-order valence-electron chi connectivity index (χ1n) is 5.95. The van der Waals surface area contributed by atoms with Gasteiger partial charge in [-0.15, -0.1) is 0 Å². The van der Waals surface area contributed by atoms with Crippen LogP contribution >= 0.6 is 23.1 Å². The second kappa shape index (κ2) is 7.90. The Bertz CT molecular complexity index is 1010. The number of thioether (sulfide) groups is 1. The molecule has 0 spiro atoms. The van der Waals surface area contributed by atoms with E-state index in [1.54, 1.807) is 11.6 Å². The van der Waals surface area contributed by atoms with Crippen LogP contribution in [-0.4, -0.2) is 44.2 Å². The molecular formula is C10H12N2O9S4. The Morgan fingerprint density at radius 3 is 2.20 bits per heavy atom. The van der Waals surface area contributed by atoms with Crippen LogP contribution in [0.1, 0.15) is 0 Å². The van der Waals surface area contributed by atoms with Crippen LogP contribution in [0.5, 0.6) is 0 Å². The average molecular weight is 432 g/mol. The zero-order valence-corrected chi connectivity index (χ0v) is 16.2. The molecule has 0 aliphatic carbocycles. The molecule has 0 aliphatic rings. The zero-order valence-electron chi connectivity index (χ0n) is 12.9. The summed E-state index contributed by atoms with van der Waals surface area (Å²) < 4.78 is 65.8. The summed E-state index contributed by atoms with van der Waals surface area (Å²) >= 11 is 2.77. The first-order chi connectivity index (χ1) is 11.3. The molecule has 15 heteroatoms. The number of thiazole rings is 1. The summed E-state index contributed by atoms with van der Waals surface area (Å²) in [6, 6.07) is 2.29. The molecule has 0 aliphatic heterocycles. The number of benzene rings is 1. The van der Waals surface area contributed by atoms with E-state index in [4.69, 9.17) is 4.55 Å². The van der Waals surface area contributed by atoms with Gasteiger partial charge in [-0.25, -0.2) is 8.42 Å². The van der Waals surface area contributed by atoms with Crippen molar-refractivity contribution in [3.63, 3.8) is 0 Å². The van der Waals surface area contributed by atoms with E-state index in [0.717, 1.165) is 17.5 Å². The SMILES string of the molecule is COS(=O)(=O)[O-].CSc1sc2cc([N+](=O)[O-])c(S(=O)(=O)O)cc2[n+]1C. The molecule has 0 saturated heterocycles. The lowest BCUT2D eigenvalue weighted by Gasteiger charge is -1.98. The van der Waals surface area contributed by atoms with Crippen LogP contribution in [0.4, 0.5) is 5.69 Å². The van der Waals surface area contributed by atoms with Crippen molar-refractivity contribution in [2.75, 3.05) is 13.4 Å². The molecule has 0 amide bonds. The third-order valence-corrected chi connectivity index (χ3v) is 6.39. The highest BCUT2D eigenvalue weighted by atomic mass is 32.3. The van der Waals surface area contributed by atoms with E-state index in [0.29, 0.717) is 10.2 Å². The van der Waals surface area contributed by atoms with Gasteiger partial charge in [0.25, 0.3) is 10.0 Å². The molecule has 0 bridgehead atoms. The number of aryl methyl sites for hydroxylation is 1. The van der Waals surface area contributed by atoms with Gasteiger partial charge in [0.2, 0.25) is 15.9 Å². The molecule has 2 rings (SSSR count). The predicted molar refractivity (Wildman–Crippen MR) is 88.0 cm³/mol. The van der Waals surface area contributed by atoms with Crippen LogP contribution in [0, 0.1) is 10.1 Å². The summed E-state index contributed by atoms with van der Waals surface area (Å²) in [5.41, 5.74) is -0.0999. The van der Waals surface area contributed by atoms with E-state index in [1.165, 1.54) is 29.2 Å². The molecule has 0 saturated carbocycles. The summed E-state index contributed by atoms with van der Waals surface area (Å²) in [7, 11) is -6.52. The highest BCUT2D eigenvalue weighted by molar-refractivity contribution is 8.00. The number of nitro groups is 1. The summed E-state index contributed by atoms with van der Waals surface area (Å²) in [6.07, 6.45) is 1.85. The summed E-state index contributed by atoms with van der Waals surface area (Å²) in [6.45, 7) is 0. The third kappa shape index (κ3) is 5.56. The van der Waals surface area contributed by atoms with Gasteiger partial charge in [0.15, 0.2) is 4.90 Å². The summed E-state index contributed by atoms with van der Waals surface area (Å²) in [5, 5.41) is 10.9. The lowest BCUT2D eigenvalue weighted by molar-refractivity contribution is -0.676. The lowest BCUT2D eigenvalue weighted by Crippen LogP contribution is -2.28. The van der Waals surface area contributed by atoms with Crippen LogP contribution in [0.3, 0.4) is 0 Å². The smallest absolute Gasteiger partial charge is 0.301 e. The van der Waals surface area contributed by atoms with Crippen molar-refractivity contribution in [2.45, 2.75) is 9.24 Å². The van der Waals surface area contributed by atoms with Crippen molar-refractivity contribution in [1.82, 2.24) is 0 Å². The highest BCUT2D eigenvalue weighted by Gasteiger charge is 2.29. The second-order valence-electron chi connectivity index (χ2n) is 4.23. The second-order valence-corrected chi connectivity index (χ2v) is 8.85. The molecule has 1 N–H and O–H groups in total. The Morgan fingerprint density at radius 1 is 1.32 bits per heavy atom. The molecule has 0 fully saturated rings. The molecule has 1 aromatic heterocycles. The Balaban J connectivity index is 0.000000450. The molecule has 11 nitrogen and oxygen atoms in total. The fourth-order valence-corrected chi connectivity index (χ4v) is 4.20. The van der Waals surface area contributed by atoms with Gasteiger partial charge in [-0.05, 0) is 18.0 Å². The number of rotatable bonds is 4. The lowest BCUT2D eigenvalue weighted by atomic mass is 10.3. The number of nitro benzene ring substituents is 1. The third-order valence-electron chi connectivity index (χ3n) is 2.73. The van der Waals surface area contributed by atoms with Crippen molar-refractivity contribution in [3.05, 3.63) is 22.2 Å². The Hall–Kier alpha value is -1.36. The minimum Gasteiger partial charge on any atom is -0.726 e. The maximum Gasteiger partial charge on any atom is 0.301 e. The molecular weight excluding hydrogens is 420 g/mol. The van der Waals surface area contributed by atoms with Gasteiger partial charge in [0.05, 0.1) is 12.0 Å². The van der Waals surface area contributed by atoms with Crippen LogP contribution in [0.15, 0.2) is 21.4 Å². The van der Waals surface area contributed by atoms with Crippen LogP contribution < -0.4 is 4.57 Å². The van der Waals surface area contributed by atoms with Crippen LogP contribution in [0.2, 0.25) is 0 Å². The number of nitrogens with zero attached hydrogens (tertiary/aromatic N) is 2. The first kappa shape index (κ1) is 21.7. The van der Waals surface area contributed by atoms with Crippen LogP contribution in [-0.2, 0) is 31.7 Å². The van der Waals surface area contributed by atoms with E-state index in [9.17, 15) is 31.5 Å². The predicted octanol–water partition coefficient (Wildman–Crippen LogP) is 0.696. The maximum atomic E-state index is 11.2. The van der Waals surface area contributed by atoms with E-state index >= 15 is 0 Å². The van der Waals surface area contributed by atoms with Crippen molar-refractivity contribution >= 4 is 59.5 Å². The Labute approximate surface area is 151 Å². The van der Waals surface area contributed by atoms with Crippen molar-refractivity contribution in [2.24, 2.45) is 7.05 Å². The van der Waals surface area contributed by atoms with E-state index in [2.05, 4.69) is 4.18 Å². The van der Waals surface area contributed by atoms with Gasteiger partial charge < -0.3 is 4.55 Å². The quantitative estimate of drug-likeness (QED) is 0.181. The van der Waals surface area contributed by atoms with Gasteiger partial charge in [-0.3, -0.25) is 18.9 Å². The van der Waals surface area contributed by atoms with Crippen LogP contribution in [0.25, 0.3) is 10.2 Å². The molecule has 2 aromatic rings. The maximum absolute atomic E-state index is 11.2. The van der Waals surface area contributed by atoms with Gasteiger partial charge in [0.1, 0.15) is 11.7 Å². The monoisotopic (exact) mass is 432 g/mol. The van der Waals surface area contributed by atoms with Gasteiger partial charge >= 0.3 is 10.1 Å². The Morgan fingerprint density at radius 2 is 1.84 bits per heavy atom. The molecule has 140 valence electrons. The van der Waals surface area contributed by atoms with E-state index < -0.39 is 36.0 Å². The van der Waals surface area contributed by atoms with Gasteiger partial charge in [-0.1, -0.05) is 11.3 Å². The molecule has 0 radical (unpaired) electrons. The van der Waals surface area contributed by atoms with Gasteiger partial charge in [0, 0.05) is 12.1 Å². The molecule has 1 aromatic carbocycles. The number of fused-ring (bicyclic) bond motifs is 1. The normalized spacial score (nSPS) is 11.9. The zero-order chi connectivity index (χ0) is 19.6. The fourth-order valence-electron chi connectivity index (χ4n) is 1.67. The molecule has 0 unspecified atom stereocenters. The Kier molecular flexibility index (Phi) is 6.85. The summed E-state index contributed by atoms with van der Waals surface area (Å²) in [4.78, 5) is 9.39. The van der Waals surface area contributed by atoms with Crippen molar-refractivity contribution in [1.29, 1.82) is 0 Å². The molecule has 25 heavy (non-hydrogen) atoms. The minimum absolute atomic E-state index is 0.521. The number of aromatic nitrogens is 1. The number of hydrogen-bond acceptors (Lipinski definition) is 10. The largest absolute Gasteiger partial charge is 0.726 e. The average Bonchev–Trinajstić information content (AvgIpc) is 2.81. The van der Waals surface area contributed by atoms with E-state index in [-0.39, 0.29) is 0 Å². The molecule has 0 atom stereocenters. The van der Waals surface area contributed by atoms with Gasteiger partial charge in [-0.2, -0.15) is 13.0 Å².